The third-order valence-electron chi connectivity index (χ3n) is 3.57. The molecule has 122 valence electrons. The van der Waals surface area contributed by atoms with Crippen molar-refractivity contribution in [1.82, 2.24) is 0 Å². The standard InChI is InChI=1S/C20H19NO2S/c1-2-11-24-20(23)17-10-6-9-16(13-17)18(14-21)19(22)12-15-7-4-3-5-8-15/h3-10,13,18H,2,11-12H2,1H3. The Morgan fingerprint density at radius 2 is 1.88 bits per heavy atom. The topological polar surface area (TPSA) is 57.9 Å². The van der Waals surface area contributed by atoms with Crippen LogP contribution in [-0.4, -0.2) is 16.7 Å². The molecule has 0 aliphatic carbocycles. The zero-order chi connectivity index (χ0) is 17.4. The van der Waals surface area contributed by atoms with Gasteiger partial charge in [-0.15, -0.1) is 0 Å². The van der Waals surface area contributed by atoms with Crippen LogP contribution in [0.25, 0.3) is 0 Å². The van der Waals surface area contributed by atoms with Gasteiger partial charge in [0.2, 0.25) is 5.12 Å². The average Bonchev–Trinajstić information content (AvgIpc) is 2.61. The molecule has 4 heteroatoms. The molecule has 0 saturated heterocycles. The molecule has 2 aromatic rings. The van der Waals surface area contributed by atoms with Crippen LogP contribution in [0, 0.1) is 11.3 Å². The number of hydrogen-bond acceptors (Lipinski definition) is 4. The number of hydrogen-bond donors (Lipinski definition) is 0. The molecule has 1 unspecified atom stereocenters. The molecule has 0 amide bonds. The van der Waals surface area contributed by atoms with Crippen molar-refractivity contribution in [2.45, 2.75) is 25.7 Å². The van der Waals surface area contributed by atoms with Crippen LogP contribution in [-0.2, 0) is 11.2 Å². The van der Waals surface area contributed by atoms with E-state index in [2.05, 4.69) is 6.07 Å². The second-order valence-corrected chi connectivity index (χ2v) is 6.52. The predicted octanol–water partition coefficient (Wildman–Crippen LogP) is 4.39. The predicted molar refractivity (Wildman–Crippen MR) is 97.0 cm³/mol. The Bertz CT molecular complexity index is 750. The minimum absolute atomic E-state index is 0.0223. The Hall–Kier alpha value is -2.38. The fraction of sp³-hybridized carbons (Fsp3) is 0.250. The highest BCUT2D eigenvalue weighted by molar-refractivity contribution is 8.14. The first-order valence-electron chi connectivity index (χ1n) is 7.89. The third-order valence-corrected chi connectivity index (χ3v) is 4.68. The molecule has 0 radical (unpaired) electrons. The van der Waals surface area contributed by atoms with Gasteiger partial charge in [-0.2, -0.15) is 5.26 Å². The first-order valence-corrected chi connectivity index (χ1v) is 8.87. The number of ketones is 1. The summed E-state index contributed by atoms with van der Waals surface area (Å²) < 4.78 is 0. The van der Waals surface area contributed by atoms with Gasteiger partial charge in [-0.1, -0.05) is 67.2 Å². The van der Waals surface area contributed by atoms with Crippen LogP contribution in [0.1, 0.15) is 40.7 Å². The highest BCUT2D eigenvalue weighted by Gasteiger charge is 2.21. The van der Waals surface area contributed by atoms with Crippen LogP contribution in [0.2, 0.25) is 0 Å². The first-order chi connectivity index (χ1) is 11.7. The maximum absolute atomic E-state index is 12.5. The van der Waals surface area contributed by atoms with Crippen molar-refractivity contribution in [2.75, 3.05) is 5.75 Å². The summed E-state index contributed by atoms with van der Waals surface area (Å²) in [5.74, 6) is -0.249. The molecule has 0 spiro atoms. The fourth-order valence-electron chi connectivity index (χ4n) is 2.35. The van der Waals surface area contributed by atoms with Gasteiger partial charge in [-0.25, -0.2) is 0 Å². The Morgan fingerprint density at radius 1 is 1.12 bits per heavy atom. The van der Waals surface area contributed by atoms with Crippen molar-refractivity contribution in [2.24, 2.45) is 0 Å². The molecule has 24 heavy (non-hydrogen) atoms. The van der Waals surface area contributed by atoms with Crippen LogP contribution in [0.4, 0.5) is 0 Å². The number of nitrogens with zero attached hydrogens (tertiary/aromatic N) is 1. The number of nitriles is 1. The van der Waals surface area contributed by atoms with Crippen molar-refractivity contribution in [3.8, 4) is 6.07 Å². The molecule has 0 saturated carbocycles. The zero-order valence-corrected chi connectivity index (χ0v) is 14.4. The number of thioether (sulfide) groups is 1. The minimum atomic E-state index is -0.853. The minimum Gasteiger partial charge on any atom is -0.297 e. The van der Waals surface area contributed by atoms with E-state index in [1.807, 2.05) is 37.3 Å². The number of Topliss-reactive ketones (excluding diaryl/α,β-unsaturated/α-hetero) is 1. The van der Waals surface area contributed by atoms with Crippen LogP contribution in [0.15, 0.2) is 54.6 Å². The molecule has 0 aliphatic rings. The third kappa shape index (κ3) is 4.81. The van der Waals surface area contributed by atoms with E-state index in [1.54, 1.807) is 24.3 Å². The van der Waals surface area contributed by atoms with Gasteiger partial charge in [0.25, 0.3) is 0 Å². The van der Waals surface area contributed by atoms with Gasteiger partial charge in [0, 0.05) is 17.7 Å². The van der Waals surface area contributed by atoms with Crippen molar-refractivity contribution in [3.63, 3.8) is 0 Å². The Kier molecular flexibility index (Phi) is 6.77. The SMILES string of the molecule is CCCSC(=O)c1cccc(C(C#N)C(=O)Cc2ccccc2)c1. The number of carbonyl (C=O) groups is 2. The average molecular weight is 337 g/mol. The van der Waals surface area contributed by atoms with Crippen LogP contribution in [0.3, 0.4) is 0 Å². The van der Waals surface area contributed by atoms with Crippen molar-refractivity contribution < 1.29 is 9.59 Å². The smallest absolute Gasteiger partial charge is 0.219 e. The van der Waals surface area contributed by atoms with Gasteiger partial charge < -0.3 is 0 Å². The van der Waals surface area contributed by atoms with E-state index in [9.17, 15) is 14.9 Å². The molecular weight excluding hydrogens is 318 g/mol. The zero-order valence-electron chi connectivity index (χ0n) is 13.6. The lowest BCUT2D eigenvalue weighted by Crippen LogP contribution is -2.14. The number of carbonyl (C=O) groups excluding carboxylic acids is 2. The summed E-state index contributed by atoms with van der Waals surface area (Å²) >= 11 is 1.26. The summed E-state index contributed by atoms with van der Waals surface area (Å²) in [5, 5.41) is 9.42. The lowest BCUT2D eigenvalue weighted by molar-refractivity contribution is -0.118. The summed E-state index contributed by atoms with van der Waals surface area (Å²) in [6, 6.07) is 18.3. The molecule has 2 aromatic carbocycles. The van der Waals surface area contributed by atoms with E-state index in [-0.39, 0.29) is 17.3 Å². The Balaban J connectivity index is 2.17. The van der Waals surface area contributed by atoms with E-state index in [0.717, 1.165) is 17.7 Å². The van der Waals surface area contributed by atoms with E-state index in [0.29, 0.717) is 11.1 Å². The maximum Gasteiger partial charge on any atom is 0.219 e. The maximum atomic E-state index is 12.5. The molecule has 0 heterocycles. The van der Waals surface area contributed by atoms with Crippen molar-refractivity contribution >= 4 is 22.7 Å². The lowest BCUT2D eigenvalue weighted by atomic mass is 9.91. The fourth-order valence-corrected chi connectivity index (χ4v) is 3.04. The Labute approximate surface area is 146 Å². The Morgan fingerprint density at radius 3 is 2.54 bits per heavy atom. The summed E-state index contributed by atoms with van der Waals surface area (Å²) in [7, 11) is 0. The first kappa shape index (κ1) is 18.0. The molecule has 0 aliphatic heterocycles. The van der Waals surface area contributed by atoms with Gasteiger partial charge >= 0.3 is 0 Å². The summed E-state index contributed by atoms with van der Waals surface area (Å²) in [6.45, 7) is 2.02. The van der Waals surface area contributed by atoms with Crippen molar-refractivity contribution in [1.29, 1.82) is 5.26 Å². The number of benzene rings is 2. The van der Waals surface area contributed by atoms with E-state index in [4.69, 9.17) is 0 Å². The molecule has 1 atom stereocenters. The van der Waals surface area contributed by atoms with Crippen LogP contribution < -0.4 is 0 Å². The highest BCUT2D eigenvalue weighted by Crippen LogP contribution is 2.22. The van der Waals surface area contributed by atoms with E-state index < -0.39 is 5.92 Å². The van der Waals surface area contributed by atoms with Gasteiger partial charge in [0.05, 0.1) is 6.07 Å². The van der Waals surface area contributed by atoms with Crippen LogP contribution >= 0.6 is 11.8 Å². The van der Waals surface area contributed by atoms with Gasteiger partial charge in [-0.3, -0.25) is 9.59 Å². The highest BCUT2D eigenvalue weighted by atomic mass is 32.2. The molecular formula is C20H19NO2S. The summed E-state index contributed by atoms with van der Waals surface area (Å²) in [6.07, 6.45) is 1.13. The van der Waals surface area contributed by atoms with Gasteiger partial charge in [0.15, 0.2) is 5.78 Å². The number of rotatable bonds is 7. The molecule has 0 fully saturated rings. The normalized spacial score (nSPS) is 11.5. The summed E-state index contributed by atoms with van der Waals surface area (Å²) in [4.78, 5) is 24.6. The second kappa shape index (κ2) is 9.05. The molecule has 0 bridgehead atoms. The van der Waals surface area contributed by atoms with Gasteiger partial charge in [-0.05, 0) is 23.6 Å². The van der Waals surface area contributed by atoms with E-state index in [1.165, 1.54) is 11.8 Å². The molecule has 2 rings (SSSR count). The largest absolute Gasteiger partial charge is 0.297 e. The second-order valence-electron chi connectivity index (χ2n) is 5.45. The molecule has 3 nitrogen and oxygen atoms in total. The quantitative estimate of drug-likeness (QED) is 0.752. The van der Waals surface area contributed by atoms with Crippen LogP contribution in [0.5, 0.6) is 0 Å². The molecule has 0 aromatic heterocycles. The summed E-state index contributed by atoms with van der Waals surface area (Å²) in [5.41, 5.74) is 2.01. The molecule has 0 N–H and O–H groups in total. The van der Waals surface area contributed by atoms with Crippen molar-refractivity contribution in [3.05, 3.63) is 71.3 Å². The monoisotopic (exact) mass is 337 g/mol. The lowest BCUT2D eigenvalue weighted by Gasteiger charge is -2.10. The van der Waals surface area contributed by atoms with E-state index >= 15 is 0 Å². The van der Waals surface area contributed by atoms with Gasteiger partial charge in [0.1, 0.15) is 5.92 Å².